The van der Waals surface area contributed by atoms with Crippen molar-refractivity contribution in [1.29, 1.82) is 0 Å². The van der Waals surface area contributed by atoms with Gasteiger partial charge in [-0.3, -0.25) is 0 Å². The lowest BCUT2D eigenvalue weighted by Crippen LogP contribution is -2.36. The quantitative estimate of drug-likeness (QED) is 0.377. The highest BCUT2D eigenvalue weighted by Crippen LogP contribution is 2.18. The Labute approximate surface area is 153 Å². The molecule has 25 heavy (non-hydrogen) atoms. The van der Waals surface area contributed by atoms with Gasteiger partial charge in [0.25, 0.3) is 0 Å². The SMILES string of the molecule is CCCCCCOc1ccc(OCCCCCC)c(B(O)O[B]O)c1. The molecule has 0 unspecified atom stereocenters. The fourth-order valence-electron chi connectivity index (χ4n) is 2.50. The number of hydrogen-bond acceptors (Lipinski definition) is 5. The molecule has 1 aromatic rings. The summed E-state index contributed by atoms with van der Waals surface area (Å²) in [6.45, 7) is 5.56. The molecule has 0 aliphatic rings. The van der Waals surface area contributed by atoms with Gasteiger partial charge in [0.15, 0.2) is 0 Å². The van der Waals surface area contributed by atoms with E-state index in [2.05, 4.69) is 13.8 Å². The zero-order valence-corrected chi connectivity index (χ0v) is 15.6. The lowest BCUT2D eigenvalue weighted by molar-refractivity contribution is 0.297. The highest BCUT2D eigenvalue weighted by Gasteiger charge is 2.22. The predicted molar refractivity (Wildman–Crippen MR) is 102 cm³/mol. The number of hydrogen-bond donors (Lipinski definition) is 2. The van der Waals surface area contributed by atoms with E-state index >= 15 is 0 Å². The fourth-order valence-corrected chi connectivity index (χ4v) is 2.50. The van der Waals surface area contributed by atoms with E-state index in [-0.39, 0.29) is 0 Å². The Bertz CT molecular complexity index is 459. The third-order valence-electron chi connectivity index (χ3n) is 3.96. The van der Waals surface area contributed by atoms with Crippen molar-refractivity contribution in [3.63, 3.8) is 0 Å². The van der Waals surface area contributed by atoms with Gasteiger partial charge >= 0.3 is 14.8 Å². The second-order valence-electron chi connectivity index (χ2n) is 6.11. The van der Waals surface area contributed by atoms with Gasteiger partial charge in [-0.25, -0.2) is 0 Å². The summed E-state index contributed by atoms with van der Waals surface area (Å²) in [6, 6.07) is 5.32. The maximum absolute atomic E-state index is 10.1. The monoisotopic (exact) mass is 349 g/mol. The highest BCUT2D eigenvalue weighted by molar-refractivity contribution is 6.65. The highest BCUT2D eigenvalue weighted by atomic mass is 16.5. The Kier molecular flexibility index (Phi) is 12.3. The molecule has 0 aliphatic carbocycles. The molecule has 0 atom stereocenters. The van der Waals surface area contributed by atoms with Crippen LogP contribution in [0, 0.1) is 0 Å². The molecule has 1 radical (unpaired) electrons. The smallest absolute Gasteiger partial charge is 0.481 e. The molecule has 7 heteroatoms. The third-order valence-corrected chi connectivity index (χ3v) is 3.96. The van der Waals surface area contributed by atoms with E-state index < -0.39 is 7.12 Å². The summed E-state index contributed by atoms with van der Waals surface area (Å²) in [5.41, 5.74) is 0.451. The van der Waals surface area contributed by atoms with Gasteiger partial charge in [0, 0.05) is 5.46 Å². The lowest BCUT2D eigenvalue weighted by Gasteiger charge is -2.15. The van der Waals surface area contributed by atoms with Gasteiger partial charge in [0.05, 0.1) is 13.2 Å². The van der Waals surface area contributed by atoms with E-state index in [1.54, 1.807) is 12.1 Å². The molecule has 1 aromatic carbocycles. The maximum Gasteiger partial charge on any atom is 0.481 e. The van der Waals surface area contributed by atoms with Crippen LogP contribution < -0.4 is 14.9 Å². The van der Waals surface area contributed by atoms with Gasteiger partial charge in [-0.2, -0.15) is 0 Å². The average molecular weight is 349 g/mol. The maximum atomic E-state index is 10.1. The average Bonchev–Trinajstić information content (AvgIpc) is 2.62. The molecule has 5 nitrogen and oxygen atoms in total. The summed E-state index contributed by atoms with van der Waals surface area (Å²) in [7, 11) is -0.812. The van der Waals surface area contributed by atoms with E-state index in [0.717, 1.165) is 25.7 Å². The molecule has 0 saturated heterocycles. The first kappa shape index (κ1) is 21.9. The standard InChI is InChI=1S/C18H31B2O5/c1-3-5-7-9-13-23-16-11-12-18(24-14-10-8-6-4-2)17(15-16)20(22)25-19-21/h11-12,15,21-22H,3-10,13-14H2,1-2H3. The van der Waals surface area contributed by atoms with Gasteiger partial charge < -0.3 is 24.1 Å². The number of benzene rings is 1. The summed E-state index contributed by atoms with van der Waals surface area (Å²) < 4.78 is 16.3. The Morgan fingerprint density at radius 3 is 2.16 bits per heavy atom. The number of ether oxygens (including phenoxy) is 2. The molecule has 0 spiro atoms. The Hall–Kier alpha value is -1.17. The van der Waals surface area contributed by atoms with Crippen LogP contribution in [0.25, 0.3) is 0 Å². The van der Waals surface area contributed by atoms with Gasteiger partial charge in [0.1, 0.15) is 11.5 Å². The summed E-state index contributed by atoms with van der Waals surface area (Å²) >= 11 is 0. The van der Waals surface area contributed by atoms with Crippen LogP contribution in [-0.4, -0.2) is 38.1 Å². The molecule has 0 fully saturated rings. The Morgan fingerprint density at radius 1 is 0.920 bits per heavy atom. The molecule has 0 bridgehead atoms. The molecule has 0 amide bonds. The van der Waals surface area contributed by atoms with Gasteiger partial charge in [-0.1, -0.05) is 52.4 Å². The minimum Gasteiger partial charge on any atom is -0.494 e. The van der Waals surface area contributed by atoms with Crippen molar-refractivity contribution in [2.75, 3.05) is 13.2 Å². The molecule has 139 valence electrons. The first-order chi connectivity index (χ1) is 12.2. The van der Waals surface area contributed by atoms with Crippen LogP contribution in [0.15, 0.2) is 18.2 Å². The second-order valence-corrected chi connectivity index (χ2v) is 6.11. The van der Waals surface area contributed by atoms with Crippen molar-refractivity contribution < 1.29 is 24.1 Å². The zero-order valence-electron chi connectivity index (χ0n) is 15.6. The van der Waals surface area contributed by atoms with Crippen LogP contribution in [0.4, 0.5) is 0 Å². The molecule has 1 rings (SSSR count). The summed E-state index contributed by atoms with van der Waals surface area (Å²) in [5, 5.41) is 18.8. The molecule has 0 heterocycles. The van der Waals surface area contributed by atoms with Crippen LogP contribution in [0.2, 0.25) is 0 Å². The van der Waals surface area contributed by atoms with Crippen molar-refractivity contribution in [2.45, 2.75) is 65.2 Å². The van der Waals surface area contributed by atoms with Crippen LogP contribution in [-0.2, 0) is 4.57 Å². The Morgan fingerprint density at radius 2 is 1.56 bits per heavy atom. The van der Waals surface area contributed by atoms with E-state index in [1.807, 2.05) is 6.07 Å². The third kappa shape index (κ3) is 9.19. The van der Waals surface area contributed by atoms with Crippen LogP contribution in [0.5, 0.6) is 11.5 Å². The van der Waals surface area contributed by atoms with Gasteiger partial charge in [-0.15, -0.1) is 0 Å². The predicted octanol–water partition coefficient (Wildman–Crippen LogP) is 2.84. The summed E-state index contributed by atoms with van der Waals surface area (Å²) in [4.78, 5) is 0. The minimum atomic E-state index is -1.29. The molecule has 0 aliphatic heterocycles. The molecular formula is C18H31B2O5. The first-order valence-electron chi connectivity index (χ1n) is 9.41. The van der Waals surface area contributed by atoms with E-state index in [4.69, 9.17) is 19.1 Å². The largest absolute Gasteiger partial charge is 0.494 e. The lowest BCUT2D eigenvalue weighted by atomic mass is 9.77. The second kappa shape index (κ2) is 14.0. The molecule has 0 saturated carbocycles. The van der Waals surface area contributed by atoms with E-state index in [1.165, 1.54) is 25.7 Å². The van der Waals surface area contributed by atoms with Gasteiger partial charge in [0.2, 0.25) is 0 Å². The van der Waals surface area contributed by atoms with Crippen LogP contribution in [0.1, 0.15) is 65.2 Å². The van der Waals surface area contributed by atoms with Crippen molar-refractivity contribution in [3.8, 4) is 11.5 Å². The topological polar surface area (TPSA) is 68.2 Å². The van der Waals surface area contributed by atoms with Crippen LogP contribution in [0.3, 0.4) is 0 Å². The zero-order chi connectivity index (χ0) is 18.3. The van der Waals surface area contributed by atoms with Crippen molar-refractivity contribution >= 4 is 20.3 Å². The molecule has 2 N–H and O–H groups in total. The van der Waals surface area contributed by atoms with E-state index in [9.17, 15) is 5.02 Å². The first-order valence-corrected chi connectivity index (χ1v) is 9.41. The summed E-state index contributed by atoms with van der Waals surface area (Å²) in [6.07, 6.45) is 8.99. The normalized spacial score (nSPS) is 10.6. The minimum absolute atomic E-state index is 0.451. The Balaban J connectivity index is 2.62. The molecule has 0 aromatic heterocycles. The number of unbranched alkanes of at least 4 members (excludes halogenated alkanes) is 6. The number of rotatable bonds is 15. The molecular weight excluding hydrogens is 318 g/mol. The van der Waals surface area contributed by atoms with Gasteiger partial charge in [-0.05, 0) is 31.0 Å². The van der Waals surface area contributed by atoms with Crippen LogP contribution >= 0.6 is 0 Å². The van der Waals surface area contributed by atoms with E-state index in [0.29, 0.717) is 37.9 Å². The van der Waals surface area contributed by atoms with Crippen molar-refractivity contribution in [1.82, 2.24) is 0 Å². The summed E-state index contributed by atoms with van der Waals surface area (Å²) in [5.74, 6) is 1.20. The van der Waals surface area contributed by atoms with Crippen molar-refractivity contribution in [2.24, 2.45) is 0 Å². The fraction of sp³-hybridized carbons (Fsp3) is 0.667. The van der Waals surface area contributed by atoms with Crippen molar-refractivity contribution in [3.05, 3.63) is 18.2 Å².